The van der Waals surface area contributed by atoms with Crippen LogP contribution in [0.5, 0.6) is 0 Å². The molecule has 0 radical (unpaired) electrons. The fraction of sp³-hybridized carbons (Fsp3) is 1.00. The van der Waals surface area contributed by atoms with Gasteiger partial charge >= 0.3 is 0 Å². The van der Waals surface area contributed by atoms with Crippen molar-refractivity contribution in [3.05, 3.63) is 0 Å². The van der Waals surface area contributed by atoms with Gasteiger partial charge < -0.3 is 16.2 Å². The smallest absolute Gasteiger partial charge is 0.0593 e. The first kappa shape index (κ1) is 11.4. The van der Waals surface area contributed by atoms with Gasteiger partial charge in [0.2, 0.25) is 0 Å². The molecule has 0 aliphatic heterocycles. The van der Waals surface area contributed by atoms with E-state index in [1.54, 1.807) is 0 Å². The lowest BCUT2D eigenvalue weighted by molar-refractivity contribution is -0.0496. The van der Waals surface area contributed by atoms with Crippen LogP contribution in [0.3, 0.4) is 0 Å². The van der Waals surface area contributed by atoms with E-state index in [2.05, 4.69) is 0 Å². The summed E-state index contributed by atoms with van der Waals surface area (Å²) in [5.74, 6) is 0. The van der Waals surface area contributed by atoms with Crippen molar-refractivity contribution in [2.45, 2.75) is 75.7 Å². The average molecular weight is 212 g/mol. The summed E-state index contributed by atoms with van der Waals surface area (Å²) in [6.45, 7) is 0. The summed E-state index contributed by atoms with van der Waals surface area (Å²) in [6, 6.07) is 0.785. The number of hydrogen-bond donors (Lipinski definition) is 2. The minimum Gasteiger partial charge on any atom is -0.375 e. The predicted octanol–water partition coefficient (Wildman–Crippen LogP) is 1.54. The number of hydrogen-bond acceptors (Lipinski definition) is 3. The van der Waals surface area contributed by atoms with E-state index in [-0.39, 0.29) is 0 Å². The Bertz CT molecular complexity index is 190. The second-order valence-electron chi connectivity index (χ2n) is 5.22. The molecule has 0 spiro atoms. The van der Waals surface area contributed by atoms with E-state index in [1.165, 1.54) is 19.3 Å². The van der Waals surface area contributed by atoms with Crippen LogP contribution in [0.15, 0.2) is 0 Å². The summed E-state index contributed by atoms with van der Waals surface area (Å²) >= 11 is 0. The van der Waals surface area contributed by atoms with E-state index in [9.17, 15) is 0 Å². The molecule has 2 saturated carbocycles. The van der Waals surface area contributed by atoms with Gasteiger partial charge in [0.1, 0.15) is 0 Å². The Morgan fingerprint density at radius 2 is 1.47 bits per heavy atom. The van der Waals surface area contributed by atoms with E-state index >= 15 is 0 Å². The van der Waals surface area contributed by atoms with Crippen molar-refractivity contribution < 1.29 is 4.74 Å². The predicted molar refractivity (Wildman–Crippen MR) is 61.5 cm³/mol. The molecule has 2 aliphatic carbocycles. The summed E-state index contributed by atoms with van der Waals surface area (Å²) < 4.78 is 6.12. The first-order valence-electron chi connectivity index (χ1n) is 6.40. The molecule has 2 unspecified atom stereocenters. The van der Waals surface area contributed by atoms with Crippen molar-refractivity contribution in [2.75, 3.05) is 0 Å². The molecule has 2 rings (SSSR count). The van der Waals surface area contributed by atoms with Gasteiger partial charge in [0.15, 0.2) is 0 Å². The van der Waals surface area contributed by atoms with E-state index in [4.69, 9.17) is 16.2 Å². The quantitative estimate of drug-likeness (QED) is 0.730. The number of ether oxygens (including phenoxy) is 1. The zero-order valence-corrected chi connectivity index (χ0v) is 9.53. The Morgan fingerprint density at radius 1 is 0.733 bits per heavy atom. The maximum absolute atomic E-state index is 6.12. The minimum atomic E-state index is 0.370. The van der Waals surface area contributed by atoms with Crippen molar-refractivity contribution in [3.8, 4) is 0 Å². The lowest BCUT2D eigenvalue weighted by Crippen LogP contribution is -2.37. The van der Waals surface area contributed by atoms with Crippen molar-refractivity contribution in [1.29, 1.82) is 0 Å². The van der Waals surface area contributed by atoms with Crippen LogP contribution in [0, 0.1) is 0 Å². The summed E-state index contributed by atoms with van der Waals surface area (Å²) in [4.78, 5) is 0. The standard InChI is InChI=1S/C12H24N2O/c13-9-4-6-11(7-5-9)15-12-3-1-2-10(14)8-12/h9-12H,1-8,13-14H2. The molecule has 0 aromatic rings. The fourth-order valence-electron chi connectivity index (χ4n) is 2.80. The van der Waals surface area contributed by atoms with Crippen molar-refractivity contribution in [2.24, 2.45) is 11.5 Å². The summed E-state index contributed by atoms with van der Waals surface area (Å²) in [6.07, 6.45) is 10.1. The molecule has 2 atom stereocenters. The molecule has 2 fully saturated rings. The maximum atomic E-state index is 6.12. The van der Waals surface area contributed by atoms with Crippen molar-refractivity contribution in [3.63, 3.8) is 0 Å². The Morgan fingerprint density at radius 3 is 2.13 bits per heavy atom. The molecule has 0 amide bonds. The normalized spacial score (nSPS) is 42.8. The minimum absolute atomic E-state index is 0.370. The van der Waals surface area contributed by atoms with Crippen LogP contribution >= 0.6 is 0 Å². The highest BCUT2D eigenvalue weighted by Crippen LogP contribution is 2.26. The Balaban J connectivity index is 1.71. The third-order valence-electron chi connectivity index (χ3n) is 3.77. The number of rotatable bonds is 2. The molecular formula is C12H24N2O. The molecule has 4 N–H and O–H groups in total. The molecular weight excluding hydrogens is 188 g/mol. The van der Waals surface area contributed by atoms with Crippen molar-refractivity contribution in [1.82, 2.24) is 0 Å². The Labute approximate surface area is 92.5 Å². The van der Waals surface area contributed by atoms with E-state index in [0.717, 1.165) is 32.1 Å². The monoisotopic (exact) mass is 212 g/mol. The highest BCUT2D eigenvalue weighted by atomic mass is 16.5. The molecule has 0 aromatic heterocycles. The lowest BCUT2D eigenvalue weighted by atomic mass is 9.91. The van der Waals surface area contributed by atoms with Crippen LogP contribution in [0.1, 0.15) is 51.4 Å². The van der Waals surface area contributed by atoms with Gasteiger partial charge in [-0.25, -0.2) is 0 Å². The summed E-state index contributed by atoms with van der Waals surface area (Å²) in [5, 5.41) is 0. The molecule has 3 nitrogen and oxygen atoms in total. The highest BCUT2D eigenvalue weighted by molar-refractivity contribution is 4.79. The molecule has 3 heteroatoms. The molecule has 88 valence electrons. The molecule has 2 aliphatic rings. The third kappa shape index (κ3) is 3.44. The largest absolute Gasteiger partial charge is 0.375 e. The van der Waals surface area contributed by atoms with Crippen LogP contribution in [-0.2, 0) is 4.74 Å². The fourth-order valence-corrected chi connectivity index (χ4v) is 2.80. The summed E-state index contributed by atoms with van der Waals surface area (Å²) in [5.41, 5.74) is 11.8. The first-order valence-corrected chi connectivity index (χ1v) is 6.40. The van der Waals surface area contributed by atoms with E-state index in [1.807, 2.05) is 0 Å². The SMILES string of the molecule is NC1CCC(OC2CCCC(N)C2)CC1. The lowest BCUT2D eigenvalue weighted by Gasteiger charge is -2.33. The van der Waals surface area contributed by atoms with Crippen LogP contribution in [0.4, 0.5) is 0 Å². The van der Waals surface area contributed by atoms with Crippen molar-refractivity contribution >= 4 is 0 Å². The van der Waals surface area contributed by atoms with Gasteiger partial charge in [-0.05, 0) is 51.4 Å². The Hall–Kier alpha value is -0.120. The third-order valence-corrected chi connectivity index (χ3v) is 3.77. The molecule has 0 saturated heterocycles. The van der Waals surface area contributed by atoms with E-state index in [0.29, 0.717) is 24.3 Å². The second kappa shape index (κ2) is 5.28. The zero-order valence-electron chi connectivity index (χ0n) is 9.53. The number of nitrogens with two attached hydrogens (primary N) is 2. The molecule has 0 bridgehead atoms. The van der Waals surface area contributed by atoms with Gasteiger partial charge in [-0.2, -0.15) is 0 Å². The topological polar surface area (TPSA) is 61.3 Å². The zero-order chi connectivity index (χ0) is 10.7. The molecule has 0 heterocycles. The van der Waals surface area contributed by atoms with Gasteiger partial charge in [-0.15, -0.1) is 0 Å². The van der Waals surface area contributed by atoms with E-state index < -0.39 is 0 Å². The Kier molecular flexibility index (Phi) is 4.00. The van der Waals surface area contributed by atoms with Gasteiger partial charge in [0.05, 0.1) is 12.2 Å². The van der Waals surface area contributed by atoms with Gasteiger partial charge in [0, 0.05) is 12.1 Å². The van der Waals surface area contributed by atoms with Crippen LogP contribution in [0.2, 0.25) is 0 Å². The molecule has 0 aromatic carbocycles. The second-order valence-corrected chi connectivity index (χ2v) is 5.22. The maximum Gasteiger partial charge on any atom is 0.0593 e. The van der Waals surface area contributed by atoms with Crippen LogP contribution in [0.25, 0.3) is 0 Å². The van der Waals surface area contributed by atoms with Crippen LogP contribution in [-0.4, -0.2) is 24.3 Å². The van der Waals surface area contributed by atoms with Gasteiger partial charge in [-0.3, -0.25) is 0 Å². The molecule has 15 heavy (non-hydrogen) atoms. The first-order chi connectivity index (χ1) is 7.24. The van der Waals surface area contributed by atoms with Gasteiger partial charge in [-0.1, -0.05) is 0 Å². The average Bonchev–Trinajstić information content (AvgIpc) is 2.22. The van der Waals surface area contributed by atoms with Crippen LogP contribution < -0.4 is 11.5 Å². The summed E-state index contributed by atoms with van der Waals surface area (Å²) in [7, 11) is 0. The highest BCUT2D eigenvalue weighted by Gasteiger charge is 2.25. The van der Waals surface area contributed by atoms with Gasteiger partial charge in [0.25, 0.3) is 0 Å².